The van der Waals surface area contributed by atoms with Crippen LogP contribution in [0, 0.1) is 5.92 Å². The summed E-state index contributed by atoms with van der Waals surface area (Å²) in [4.78, 5) is 6.92. The second-order valence-electron chi connectivity index (χ2n) is 8.36. The Balaban J connectivity index is 0.00000306. The molecule has 0 atom stereocenters. The average molecular weight is 566 g/mol. The van der Waals surface area contributed by atoms with Gasteiger partial charge in [-0.3, -0.25) is 9.89 Å². The second kappa shape index (κ2) is 12.9. The molecule has 2 N–H and O–H groups in total. The molecule has 8 heteroatoms. The molecule has 1 saturated heterocycles. The molecule has 0 bridgehead atoms. The van der Waals surface area contributed by atoms with Crippen LogP contribution in [0.4, 0.5) is 5.69 Å². The first-order valence-electron chi connectivity index (χ1n) is 11.5. The number of hydrogen-bond donors (Lipinski definition) is 2. The molecule has 0 amide bonds. The largest absolute Gasteiger partial charge is 0.497 e. The summed E-state index contributed by atoms with van der Waals surface area (Å²) in [6.45, 7) is 5.53. The Bertz CT molecular complexity index is 899. The Morgan fingerprint density at radius 2 is 1.79 bits per heavy atom. The maximum atomic E-state index is 5.79. The number of guanidine groups is 1. The normalized spacial score (nSPS) is 17.0. The van der Waals surface area contributed by atoms with E-state index >= 15 is 0 Å². The van der Waals surface area contributed by atoms with Crippen LogP contribution in [-0.2, 0) is 6.54 Å². The lowest BCUT2D eigenvalue weighted by molar-refractivity contribution is 0.178. The van der Waals surface area contributed by atoms with Gasteiger partial charge in [-0.25, -0.2) is 0 Å². The number of anilines is 1. The van der Waals surface area contributed by atoms with Gasteiger partial charge in [0.1, 0.15) is 5.75 Å². The highest BCUT2D eigenvalue weighted by Crippen LogP contribution is 2.32. The Morgan fingerprint density at radius 1 is 1.06 bits per heavy atom. The van der Waals surface area contributed by atoms with Crippen molar-refractivity contribution in [1.82, 2.24) is 10.2 Å². The Morgan fingerprint density at radius 3 is 2.48 bits per heavy atom. The van der Waals surface area contributed by atoms with Crippen molar-refractivity contribution in [2.75, 3.05) is 52.3 Å². The van der Waals surface area contributed by atoms with E-state index in [1.165, 1.54) is 18.4 Å². The number of rotatable bonds is 6. The van der Waals surface area contributed by atoms with Gasteiger partial charge in [0, 0.05) is 38.3 Å². The van der Waals surface area contributed by atoms with Crippen molar-refractivity contribution in [2.24, 2.45) is 10.9 Å². The number of benzene rings is 2. The van der Waals surface area contributed by atoms with Crippen molar-refractivity contribution in [2.45, 2.75) is 25.8 Å². The number of halogens is 1. The van der Waals surface area contributed by atoms with Crippen molar-refractivity contribution in [1.29, 1.82) is 0 Å². The number of aliphatic imine (C=N–C) groups is 1. The van der Waals surface area contributed by atoms with Crippen LogP contribution in [-0.4, -0.2) is 57.9 Å². The first-order chi connectivity index (χ1) is 15.7. The van der Waals surface area contributed by atoms with E-state index in [1.807, 2.05) is 30.3 Å². The SMILES string of the molecule is CN=C(NCC1CCN(Cc2ccc(OC)cc2)CC1)Nc1ccc2c(c1)OCCCO2.I. The van der Waals surface area contributed by atoms with Gasteiger partial charge in [0.05, 0.1) is 20.3 Å². The molecular formula is C25H35IN4O3. The third-order valence-electron chi connectivity index (χ3n) is 6.06. The van der Waals surface area contributed by atoms with Crippen molar-refractivity contribution in [3.8, 4) is 17.2 Å². The molecule has 0 spiro atoms. The first-order valence-corrected chi connectivity index (χ1v) is 11.5. The van der Waals surface area contributed by atoms with Gasteiger partial charge in [-0.15, -0.1) is 24.0 Å². The Labute approximate surface area is 213 Å². The van der Waals surface area contributed by atoms with E-state index in [2.05, 4.69) is 32.7 Å². The fourth-order valence-corrected chi connectivity index (χ4v) is 4.14. The molecule has 1 fully saturated rings. The number of fused-ring (bicyclic) bond motifs is 1. The summed E-state index contributed by atoms with van der Waals surface area (Å²) < 4.78 is 16.7. The summed E-state index contributed by atoms with van der Waals surface area (Å²) in [5.41, 5.74) is 2.28. The molecule has 4 rings (SSSR count). The van der Waals surface area contributed by atoms with Gasteiger partial charge >= 0.3 is 0 Å². The number of hydrogen-bond acceptors (Lipinski definition) is 5. The highest BCUT2D eigenvalue weighted by molar-refractivity contribution is 14.0. The fraction of sp³-hybridized carbons (Fsp3) is 0.480. The van der Waals surface area contributed by atoms with Crippen LogP contribution in [0.15, 0.2) is 47.5 Å². The molecule has 2 aromatic rings. The van der Waals surface area contributed by atoms with Crippen molar-refractivity contribution >= 4 is 35.6 Å². The molecule has 0 saturated carbocycles. The van der Waals surface area contributed by atoms with E-state index in [4.69, 9.17) is 14.2 Å². The lowest BCUT2D eigenvalue weighted by atomic mass is 9.96. The lowest BCUT2D eigenvalue weighted by Gasteiger charge is -2.32. The van der Waals surface area contributed by atoms with Crippen molar-refractivity contribution < 1.29 is 14.2 Å². The summed E-state index contributed by atoms with van der Waals surface area (Å²) in [5, 5.41) is 6.86. The summed E-state index contributed by atoms with van der Waals surface area (Å²) in [6, 6.07) is 14.3. The van der Waals surface area contributed by atoms with Gasteiger partial charge in [-0.2, -0.15) is 0 Å². The van der Waals surface area contributed by atoms with E-state index in [-0.39, 0.29) is 24.0 Å². The van der Waals surface area contributed by atoms with Gasteiger partial charge in [0.25, 0.3) is 0 Å². The third-order valence-corrected chi connectivity index (χ3v) is 6.06. The topological polar surface area (TPSA) is 67.4 Å². The molecule has 33 heavy (non-hydrogen) atoms. The van der Waals surface area contributed by atoms with Crippen LogP contribution in [0.25, 0.3) is 0 Å². The zero-order chi connectivity index (χ0) is 22.2. The standard InChI is InChI=1S/C25H34N4O3.HI/c1-26-25(28-21-6-9-23-24(16-21)32-15-3-14-31-23)27-17-19-10-12-29(13-11-19)18-20-4-7-22(30-2)8-5-20;/h4-9,16,19H,3,10-15,17-18H2,1-2H3,(H2,26,27,28);1H. The Hall–Kier alpha value is -2.20. The molecule has 0 unspecified atom stereocenters. The van der Waals surface area contributed by atoms with Gasteiger partial charge < -0.3 is 24.8 Å². The van der Waals surface area contributed by atoms with Crippen LogP contribution in [0.5, 0.6) is 17.2 Å². The highest BCUT2D eigenvalue weighted by Gasteiger charge is 2.20. The summed E-state index contributed by atoms with van der Waals surface area (Å²) in [5.74, 6) is 3.92. The van der Waals surface area contributed by atoms with Crippen LogP contribution in [0.2, 0.25) is 0 Å². The smallest absolute Gasteiger partial charge is 0.195 e. The molecule has 0 radical (unpaired) electrons. The summed E-state index contributed by atoms with van der Waals surface area (Å²) in [7, 11) is 3.51. The minimum Gasteiger partial charge on any atom is -0.497 e. The van der Waals surface area contributed by atoms with Gasteiger partial charge in [-0.1, -0.05) is 12.1 Å². The van der Waals surface area contributed by atoms with Crippen molar-refractivity contribution in [3.63, 3.8) is 0 Å². The minimum absolute atomic E-state index is 0. The number of ether oxygens (including phenoxy) is 3. The predicted molar refractivity (Wildman–Crippen MR) is 143 cm³/mol. The number of methoxy groups -OCH3 is 1. The zero-order valence-corrected chi connectivity index (χ0v) is 21.8. The van der Waals surface area contributed by atoms with Crippen LogP contribution >= 0.6 is 24.0 Å². The molecule has 7 nitrogen and oxygen atoms in total. The second-order valence-corrected chi connectivity index (χ2v) is 8.36. The summed E-state index contributed by atoms with van der Waals surface area (Å²) >= 11 is 0. The van der Waals surface area contributed by atoms with Crippen LogP contribution < -0.4 is 24.8 Å². The molecule has 2 heterocycles. The predicted octanol–water partition coefficient (Wildman–Crippen LogP) is 4.37. The number of piperidine rings is 1. The van der Waals surface area contributed by atoms with Crippen molar-refractivity contribution in [3.05, 3.63) is 48.0 Å². The molecule has 2 aliphatic heterocycles. The van der Waals surface area contributed by atoms with E-state index in [0.717, 1.165) is 61.5 Å². The van der Waals surface area contributed by atoms with E-state index in [9.17, 15) is 0 Å². The summed E-state index contributed by atoms with van der Waals surface area (Å²) in [6.07, 6.45) is 3.27. The molecule has 180 valence electrons. The van der Waals surface area contributed by atoms with Crippen LogP contribution in [0.3, 0.4) is 0 Å². The average Bonchev–Trinajstić information content (AvgIpc) is 3.08. The molecular weight excluding hydrogens is 531 g/mol. The molecule has 2 aliphatic rings. The quantitative estimate of drug-likeness (QED) is 0.308. The minimum atomic E-state index is 0. The Kier molecular flexibility index (Phi) is 9.93. The van der Waals surface area contributed by atoms with E-state index in [1.54, 1.807) is 14.2 Å². The highest BCUT2D eigenvalue weighted by atomic mass is 127. The third kappa shape index (κ3) is 7.40. The fourth-order valence-electron chi connectivity index (χ4n) is 4.14. The molecule has 2 aromatic carbocycles. The first kappa shape index (κ1) is 25.4. The van der Waals surface area contributed by atoms with Gasteiger partial charge in [0.2, 0.25) is 0 Å². The molecule has 0 aliphatic carbocycles. The number of nitrogens with zero attached hydrogens (tertiary/aromatic N) is 2. The van der Waals surface area contributed by atoms with Gasteiger partial charge in [0.15, 0.2) is 17.5 Å². The van der Waals surface area contributed by atoms with Crippen LogP contribution in [0.1, 0.15) is 24.8 Å². The van der Waals surface area contributed by atoms with E-state index < -0.39 is 0 Å². The van der Waals surface area contributed by atoms with E-state index in [0.29, 0.717) is 19.1 Å². The maximum absolute atomic E-state index is 5.79. The maximum Gasteiger partial charge on any atom is 0.195 e. The molecule has 0 aromatic heterocycles. The van der Waals surface area contributed by atoms with Gasteiger partial charge in [-0.05, 0) is 61.7 Å². The number of nitrogens with one attached hydrogen (secondary N) is 2. The lowest BCUT2D eigenvalue weighted by Crippen LogP contribution is -2.40. The monoisotopic (exact) mass is 566 g/mol. The zero-order valence-electron chi connectivity index (χ0n) is 19.5. The number of likely N-dealkylation sites (tertiary alicyclic amines) is 1.